The van der Waals surface area contributed by atoms with Crippen LogP contribution in [-0.4, -0.2) is 59.3 Å². The summed E-state index contributed by atoms with van der Waals surface area (Å²) in [5.41, 5.74) is -0.231. The molecule has 2 aliphatic rings. The molecule has 0 bridgehead atoms. The molecule has 0 spiro atoms. The van der Waals surface area contributed by atoms with Gasteiger partial charge in [-0.25, -0.2) is 0 Å². The Morgan fingerprint density at radius 1 is 0.972 bits per heavy atom. The van der Waals surface area contributed by atoms with Gasteiger partial charge in [0.1, 0.15) is 25.1 Å². The largest absolute Gasteiger partial charge is 0.405 e. The van der Waals surface area contributed by atoms with E-state index in [9.17, 15) is 0 Å². The lowest BCUT2D eigenvalue weighted by Crippen LogP contribution is -2.69. The lowest BCUT2D eigenvalue weighted by molar-refractivity contribution is -0.328. The molecule has 0 aromatic heterocycles. The molecule has 0 amide bonds. The Hall–Kier alpha value is -1.80. The molecule has 0 N–H and O–H groups in total. The SMILES string of the molecule is C=CC[C@H]1O[C@H]2[C@H](OCO[C@@H]2CO[Si](c2ccccc2)(c2ccccc2)C(C)(C)C)[C@@H](OC)C1(C)C. The Bertz CT molecular complexity index is 948. The molecular weight excluding hydrogens is 468 g/mol. The van der Waals surface area contributed by atoms with Gasteiger partial charge in [-0.3, -0.25) is 0 Å². The molecule has 36 heavy (non-hydrogen) atoms. The van der Waals surface area contributed by atoms with Crippen molar-refractivity contribution in [1.29, 1.82) is 0 Å². The minimum Gasteiger partial charge on any atom is -0.405 e. The second-order valence-electron chi connectivity index (χ2n) is 11.5. The maximum Gasteiger partial charge on any atom is 0.261 e. The fourth-order valence-corrected chi connectivity index (χ4v) is 10.6. The van der Waals surface area contributed by atoms with E-state index in [1.54, 1.807) is 7.11 Å². The minimum absolute atomic E-state index is 0.0538. The molecule has 4 rings (SSSR count). The van der Waals surface area contributed by atoms with E-state index < -0.39 is 8.32 Å². The van der Waals surface area contributed by atoms with Crippen molar-refractivity contribution in [2.45, 2.75) is 76.6 Å². The Morgan fingerprint density at radius 3 is 2.06 bits per heavy atom. The van der Waals surface area contributed by atoms with Crippen LogP contribution in [0, 0.1) is 5.41 Å². The van der Waals surface area contributed by atoms with Crippen LogP contribution in [-0.2, 0) is 23.4 Å². The first-order valence-corrected chi connectivity index (χ1v) is 14.8. The number of ether oxygens (including phenoxy) is 4. The van der Waals surface area contributed by atoms with E-state index in [1.165, 1.54) is 10.4 Å². The smallest absolute Gasteiger partial charge is 0.261 e. The van der Waals surface area contributed by atoms with Crippen molar-refractivity contribution < 1.29 is 23.4 Å². The quantitative estimate of drug-likeness (QED) is 0.381. The summed E-state index contributed by atoms with van der Waals surface area (Å²) in [7, 11) is -0.943. The van der Waals surface area contributed by atoms with Crippen LogP contribution in [0.25, 0.3) is 0 Å². The van der Waals surface area contributed by atoms with Gasteiger partial charge in [0, 0.05) is 12.5 Å². The Balaban J connectivity index is 1.69. The lowest BCUT2D eigenvalue weighted by Gasteiger charge is -2.54. The van der Waals surface area contributed by atoms with E-state index in [1.807, 2.05) is 6.08 Å². The molecule has 2 heterocycles. The molecule has 2 aromatic rings. The van der Waals surface area contributed by atoms with Crippen LogP contribution in [0.2, 0.25) is 5.04 Å². The number of benzene rings is 2. The zero-order chi connectivity index (χ0) is 26.0. The molecule has 0 saturated carbocycles. The maximum atomic E-state index is 7.19. The van der Waals surface area contributed by atoms with E-state index >= 15 is 0 Å². The van der Waals surface area contributed by atoms with Crippen LogP contribution in [0.3, 0.4) is 0 Å². The Kier molecular flexibility index (Phi) is 8.24. The van der Waals surface area contributed by atoms with Gasteiger partial charge in [-0.2, -0.15) is 0 Å². The Morgan fingerprint density at radius 2 is 1.56 bits per heavy atom. The summed E-state index contributed by atoms with van der Waals surface area (Å²) in [6, 6.07) is 21.4. The number of fused-ring (bicyclic) bond motifs is 1. The number of methoxy groups -OCH3 is 1. The summed E-state index contributed by atoms with van der Waals surface area (Å²) >= 11 is 0. The first-order valence-electron chi connectivity index (χ1n) is 12.9. The van der Waals surface area contributed by atoms with Gasteiger partial charge in [0.2, 0.25) is 0 Å². The first kappa shape index (κ1) is 27.2. The van der Waals surface area contributed by atoms with Crippen LogP contribution in [0.5, 0.6) is 0 Å². The topological polar surface area (TPSA) is 46.2 Å². The summed E-state index contributed by atoms with van der Waals surface area (Å²) in [6.07, 6.45) is 1.68. The van der Waals surface area contributed by atoms with Crippen LogP contribution < -0.4 is 10.4 Å². The molecule has 196 valence electrons. The summed E-state index contributed by atoms with van der Waals surface area (Å²) in [5, 5.41) is 2.38. The third-order valence-corrected chi connectivity index (χ3v) is 12.9. The van der Waals surface area contributed by atoms with Gasteiger partial charge in [0.15, 0.2) is 0 Å². The second-order valence-corrected chi connectivity index (χ2v) is 15.8. The summed E-state index contributed by atoms with van der Waals surface area (Å²) in [5.74, 6) is 0. The summed E-state index contributed by atoms with van der Waals surface area (Å²) in [4.78, 5) is 0. The van der Waals surface area contributed by atoms with E-state index in [-0.39, 0.29) is 47.8 Å². The third-order valence-electron chi connectivity index (χ3n) is 7.93. The van der Waals surface area contributed by atoms with Crippen molar-refractivity contribution in [3.05, 3.63) is 73.3 Å². The predicted octanol–water partition coefficient (Wildman–Crippen LogP) is 4.69. The zero-order valence-electron chi connectivity index (χ0n) is 22.6. The molecule has 2 saturated heterocycles. The van der Waals surface area contributed by atoms with Crippen LogP contribution in [0.15, 0.2) is 73.3 Å². The number of hydrogen-bond acceptors (Lipinski definition) is 5. The van der Waals surface area contributed by atoms with E-state index in [0.29, 0.717) is 6.61 Å². The van der Waals surface area contributed by atoms with E-state index in [2.05, 4.69) is 102 Å². The normalized spacial score (nSPS) is 28.3. The predicted molar refractivity (Wildman–Crippen MR) is 146 cm³/mol. The molecule has 2 aliphatic heterocycles. The van der Waals surface area contributed by atoms with Gasteiger partial charge in [-0.15, -0.1) is 6.58 Å². The molecule has 5 nitrogen and oxygen atoms in total. The standard InChI is InChI=1S/C30H42O5Si/c1-8-15-25-30(5,6)28(31-7)27-26(35-25)24(32-21-33-27)20-34-36(29(2,3)4,22-16-11-9-12-17-22)23-18-13-10-14-19-23/h8-14,16-19,24-28H,1,15,20-21H2,2-7H3/t24-,25-,26-,27+,28-/m1/s1. The highest BCUT2D eigenvalue weighted by atomic mass is 28.4. The van der Waals surface area contributed by atoms with Crippen molar-refractivity contribution in [1.82, 2.24) is 0 Å². The van der Waals surface area contributed by atoms with Crippen LogP contribution in [0.1, 0.15) is 41.0 Å². The monoisotopic (exact) mass is 510 g/mol. The molecule has 0 radical (unpaired) electrons. The highest BCUT2D eigenvalue weighted by molar-refractivity contribution is 6.99. The second kappa shape index (κ2) is 10.9. The first-order chi connectivity index (χ1) is 17.2. The third kappa shape index (κ3) is 4.87. The van der Waals surface area contributed by atoms with Crippen LogP contribution >= 0.6 is 0 Å². The molecule has 2 aromatic carbocycles. The van der Waals surface area contributed by atoms with Crippen LogP contribution in [0.4, 0.5) is 0 Å². The maximum absolute atomic E-state index is 7.19. The van der Waals surface area contributed by atoms with Crippen molar-refractivity contribution >= 4 is 18.7 Å². The van der Waals surface area contributed by atoms with Crippen molar-refractivity contribution in [2.24, 2.45) is 5.41 Å². The lowest BCUT2D eigenvalue weighted by atomic mass is 9.72. The molecule has 2 fully saturated rings. The highest BCUT2D eigenvalue weighted by Gasteiger charge is 2.56. The average Bonchev–Trinajstić information content (AvgIpc) is 2.85. The molecule has 0 unspecified atom stereocenters. The Labute approximate surface area is 217 Å². The van der Waals surface area contributed by atoms with E-state index in [4.69, 9.17) is 23.4 Å². The van der Waals surface area contributed by atoms with E-state index in [0.717, 1.165) is 6.42 Å². The molecule has 5 atom stereocenters. The fraction of sp³-hybridized carbons (Fsp3) is 0.533. The fourth-order valence-electron chi connectivity index (χ4n) is 6.06. The zero-order valence-corrected chi connectivity index (χ0v) is 23.6. The van der Waals surface area contributed by atoms with Gasteiger partial charge in [-0.05, 0) is 21.8 Å². The minimum atomic E-state index is -2.70. The molecule has 0 aliphatic carbocycles. The highest BCUT2D eigenvalue weighted by Crippen LogP contribution is 2.44. The van der Waals surface area contributed by atoms with Gasteiger partial charge in [0.05, 0.1) is 18.8 Å². The van der Waals surface area contributed by atoms with Crippen molar-refractivity contribution in [3.8, 4) is 0 Å². The van der Waals surface area contributed by atoms with Crippen molar-refractivity contribution in [3.63, 3.8) is 0 Å². The van der Waals surface area contributed by atoms with Gasteiger partial charge in [-0.1, -0.05) is 101 Å². The number of hydrogen-bond donors (Lipinski definition) is 0. The van der Waals surface area contributed by atoms with Gasteiger partial charge in [0.25, 0.3) is 8.32 Å². The summed E-state index contributed by atoms with van der Waals surface area (Å²) in [6.45, 7) is 15.8. The van der Waals surface area contributed by atoms with Gasteiger partial charge < -0.3 is 23.4 Å². The molecular formula is C30H42O5Si. The summed E-state index contributed by atoms with van der Waals surface area (Å²) < 4.78 is 32.2. The van der Waals surface area contributed by atoms with Crippen molar-refractivity contribution in [2.75, 3.05) is 20.5 Å². The number of rotatable bonds is 8. The van der Waals surface area contributed by atoms with Gasteiger partial charge >= 0.3 is 0 Å². The average molecular weight is 511 g/mol. The molecule has 6 heteroatoms.